The maximum absolute atomic E-state index is 12.3. The molecule has 1 aliphatic heterocycles. The Hall–Kier alpha value is -1.19. The van der Waals surface area contributed by atoms with Gasteiger partial charge in [0.25, 0.3) is 0 Å². The molecule has 0 spiro atoms. The molecule has 1 heterocycles. The van der Waals surface area contributed by atoms with Gasteiger partial charge in [-0.05, 0) is 44.0 Å². The predicted octanol–water partition coefficient (Wildman–Crippen LogP) is 0.605. The third-order valence-corrected chi connectivity index (χ3v) is 5.12. The smallest absolute Gasteiger partial charge is 0.238 e. The lowest BCUT2D eigenvalue weighted by Gasteiger charge is -2.33. The van der Waals surface area contributed by atoms with Gasteiger partial charge < -0.3 is 10.6 Å². The number of anilines is 1. The van der Waals surface area contributed by atoms with Crippen molar-refractivity contribution < 1.29 is 13.2 Å². The average Bonchev–Trinajstić information content (AvgIpc) is 2.45. The van der Waals surface area contributed by atoms with Gasteiger partial charge in [-0.2, -0.15) is 0 Å². The van der Waals surface area contributed by atoms with Crippen LogP contribution in [0.4, 0.5) is 5.69 Å². The van der Waals surface area contributed by atoms with Crippen molar-refractivity contribution in [3.63, 3.8) is 0 Å². The SMILES string of the molecule is Cc1cc(S(N)(=O)=O)cc(NC(=O)CN2CCNC[C@@H]2C)c1C.Cl. The summed E-state index contributed by atoms with van der Waals surface area (Å²) in [4.78, 5) is 14.4. The lowest BCUT2D eigenvalue weighted by molar-refractivity contribution is -0.118. The van der Waals surface area contributed by atoms with Crippen molar-refractivity contribution in [2.45, 2.75) is 31.7 Å². The van der Waals surface area contributed by atoms with Crippen molar-refractivity contribution in [2.24, 2.45) is 5.14 Å². The summed E-state index contributed by atoms with van der Waals surface area (Å²) in [6, 6.07) is 3.21. The van der Waals surface area contributed by atoms with Crippen LogP contribution in [0.3, 0.4) is 0 Å². The number of nitrogens with zero attached hydrogens (tertiary/aromatic N) is 1. The molecule has 7 nitrogen and oxygen atoms in total. The molecule has 0 unspecified atom stereocenters. The highest BCUT2D eigenvalue weighted by Gasteiger charge is 2.21. The minimum atomic E-state index is -3.81. The first-order valence-electron chi connectivity index (χ1n) is 7.57. The van der Waals surface area contributed by atoms with E-state index in [0.29, 0.717) is 5.69 Å². The molecule has 1 amide bonds. The van der Waals surface area contributed by atoms with Crippen LogP contribution in [-0.2, 0) is 14.8 Å². The Morgan fingerprint density at radius 2 is 2.08 bits per heavy atom. The van der Waals surface area contributed by atoms with E-state index < -0.39 is 10.0 Å². The zero-order valence-electron chi connectivity index (χ0n) is 14.1. The molecule has 0 aromatic heterocycles. The minimum absolute atomic E-state index is 0. The Morgan fingerprint density at radius 1 is 1.42 bits per heavy atom. The number of rotatable bonds is 4. The molecule has 4 N–H and O–H groups in total. The van der Waals surface area contributed by atoms with E-state index in [1.807, 2.05) is 6.92 Å². The van der Waals surface area contributed by atoms with Crippen molar-refractivity contribution in [3.05, 3.63) is 23.3 Å². The van der Waals surface area contributed by atoms with Crippen molar-refractivity contribution in [2.75, 3.05) is 31.5 Å². The zero-order chi connectivity index (χ0) is 17.2. The van der Waals surface area contributed by atoms with Crippen molar-refractivity contribution >= 4 is 34.0 Å². The number of halogens is 1. The summed E-state index contributed by atoms with van der Waals surface area (Å²) in [5, 5.41) is 11.3. The molecule has 1 fully saturated rings. The topological polar surface area (TPSA) is 105 Å². The third-order valence-electron chi connectivity index (χ3n) is 4.23. The molecule has 1 aromatic rings. The molecule has 0 saturated carbocycles. The van der Waals surface area contributed by atoms with Gasteiger partial charge >= 0.3 is 0 Å². The number of sulfonamides is 1. The number of primary sulfonamides is 1. The molecular weight excluding hydrogens is 352 g/mol. The fourth-order valence-electron chi connectivity index (χ4n) is 2.61. The molecule has 0 bridgehead atoms. The molecule has 1 saturated heterocycles. The molecule has 0 aliphatic carbocycles. The molecule has 24 heavy (non-hydrogen) atoms. The summed E-state index contributed by atoms with van der Waals surface area (Å²) >= 11 is 0. The number of benzene rings is 1. The quantitative estimate of drug-likeness (QED) is 0.714. The van der Waals surface area contributed by atoms with Crippen molar-refractivity contribution in [1.29, 1.82) is 0 Å². The first-order chi connectivity index (χ1) is 10.7. The van der Waals surface area contributed by atoms with Crippen LogP contribution in [0.5, 0.6) is 0 Å². The van der Waals surface area contributed by atoms with E-state index >= 15 is 0 Å². The van der Waals surface area contributed by atoms with Gasteiger partial charge in [0.05, 0.1) is 11.4 Å². The van der Waals surface area contributed by atoms with Gasteiger partial charge in [0, 0.05) is 31.4 Å². The van der Waals surface area contributed by atoms with Gasteiger partial charge in [0.1, 0.15) is 0 Å². The average molecular weight is 377 g/mol. The fourth-order valence-corrected chi connectivity index (χ4v) is 3.24. The van der Waals surface area contributed by atoms with E-state index in [0.717, 1.165) is 30.8 Å². The van der Waals surface area contributed by atoms with Crippen molar-refractivity contribution in [3.8, 4) is 0 Å². The van der Waals surface area contributed by atoms with Gasteiger partial charge in [-0.15, -0.1) is 12.4 Å². The Morgan fingerprint density at radius 3 is 2.67 bits per heavy atom. The summed E-state index contributed by atoms with van der Waals surface area (Å²) in [5.41, 5.74) is 2.09. The monoisotopic (exact) mass is 376 g/mol. The highest BCUT2D eigenvalue weighted by Crippen LogP contribution is 2.23. The fraction of sp³-hybridized carbons (Fsp3) is 0.533. The normalized spacial score (nSPS) is 18.8. The van der Waals surface area contributed by atoms with Gasteiger partial charge in [0.15, 0.2) is 0 Å². The largest absolute Gasteiger partial charge is 0.325 e. The number of nitrogens with one attached hydrogen (secondary N) is 2. The summed E-state index contributed by atoms with van der Waals surface area (Å²) in [6.07, 6.45) is 0. The van der Waals surface area contributed by atoms with E-state index in [2.05, 4.69) is 22.5 Å². The van der Waals surface area contributed by atoms with Crippen LogP contribution in [0, 0.1) is 13.8 Å². The van der Waals surface area contributed by atoms with Crippen molar-refractivity contribution in [1.82, 2.24) is 10.2 Å². The highest BCUT2D eigenvalue weighted by molar-refractivity contribution is 7.89. The molecule has 136 valence electrons. The number of hydrogen-bond acceptors (Lipinski definition) is 5. The lowest BCUT2D eigenvalue weighted by Crippen LogP contribution is -2.52. The van der Waals surface area contributed by atoms with Gasteiger partial charge in [-0.3, -0.25) is 9.69 Å². The number of carbonyl (C=O) groups excluding carboxylic acids is 1. The Bertz CT molecular complexity index is 709. The summed E-state index contributed by atoms with van der Waals surface area (Å²) in [5.74, 6) is -0.159. The maximum Gasteiger partial charge on any atom is 0.238 e. The van der Waals surface area contributed by atoms with Gasteiger partial charge in [-0.1, -0.05) is 0 Å². The number of carbonyl (C=O) groups is 1. The van der Waals surface area contributed by atoms with Crippen LogP contribution in [0.25, 0.3) is 0 Å². The van der Waals surface area contributed by atoms with E-state index in [9.17, 15) is 13.2 Å². The molecule has 1 aliphatic rings. The number of hydrogen-bond donors (Lipinski definition) is 3. The first kappa shape index (κ1) is 20.9. The second kappa shape index (κ2) is 8.26. The lowest BCUT2D eigenvalue weighted by atomic mass is 10.1. The van der Waals surface area contributed by atoms with Gasteiger partial charge in [0.2, 0.25) is 15.9 Å². The Balaban J connectivity index is 0.00000288. The molecule has 1 aromatic carbocycles. The van der Waals surface area contributed by atoms with E-state index in [1.165, 1.54) is 12.1 Å². The van der Waals surface area contributed by atoms with E-state index in [1.54, 1.807) is 6.92 Å². The first-order valence-corrected chi connectivity index (χ1v) is 9.12. The Labute approximate surface area is 149 Å². The highest BCUT2D eigenvalue weighted by atomic mass is 35.5. The number of nitrogens with two attached hydrogens (primary N) is 1. The second-order valence-electron chi connectivity index (χ2n) is 6.03. The zero-order valence-corrected chi connectivity index (χ0v) is 15.8. The predicted molar refractivity (Wildman–Crippen MR) is 97.1 cm³/mol. The molecule has 0 radical (unpaired) electrons. The van der Waals surface area contributed by atoms with E-state index in [-0.39, 0.29) is 35.8 Å². The summed E-state index contributed by atoms with van der Waals surface area (Å²) in [6.45, 7) is 8.49. The van der Waals surface area contributed by atoms with Crippen LogP contribution in [0.2, 0.25) is 0 Å². The van der Waals surface area contributed by atoms with E-state index in [4.69, 9.17) is 5.14 Å². The molecule has 9 heteroatoms. The second-order valence-corrected chi connectivity index (χ2v) is 7.59. The number of piperazine rings is 1. The van der Waals surface area contributed by atoms with Crippen LogP contribution >= 0.6 is 12.4 Å². The molecular formula is C15H25ClN4O3S. The maximum atomic E-state index is 12.3. The molecule has 2 rings (SSSR count). The van der Waals surface area contributed by atoms with Crippen LogP contribution in [0.1, 0.15) is 18.1 Å². The Kier molecular flexibility index (Phi) is 7.18. The third kappa shape index (κ3) is 5.15. The standard InChI is InChI=1S/C15H24N4O3S.ClH/c1-10-6-13(23(16,21)22)7-14(12(10)3)18-15(20)9-19-5-4-17-8-11(19)2;/h6-7,11,17H,4-5,8-9H2,1-3H3,(H,18,20)(H2,16,21,22);1H/t11-;/m0./s1. The molecule has 1 atom stereocenters. The minimum Gasteiger partial charge on any atom is -0.325 e. The van der Waals surface area contributed by atoms with Crippen LogP contribution < -0.4 is 15.8 Å². The summed E-state index contributed by atoms with van der Waals surface area (Å²) < 4.78 is 23.1. The number of amides is 1. The number of aryl methyl sites for hydroxylation is 1. The summed E-state index contributed by atoms with van der Waals surface area (Å²) in [7, 11) is -3.81. The van der Waals surface area contributed by atoms with Crippen LogP contribution in [-0.4, -0.2) is 51.4 Å². The van der Waals surface area contributed by atoms with Crippen LogP contribution in [0.15, 0.2) is 17.0 Å². The van der Waals surface area contributed by atoms with Gasteiger partial charge in [-0.25, -0.2) is 13.6 Å².